The third-order valence-corrected chi connectivity index (χ3v) is 4.12. The molecule has 0 heterocycles. The van der Waals surface area contributed by atoms with Crippen molar-refractivity contribution in [2.75, 3.05) is 12.8 Å². The molecule has 0 aromatic heterocycles. The summed E-state index contributed by atoms with van der Waals surface area (Å²) in [6.45, 7) is 3.85. The third-order valence-electron chi connectivity index (χ3n) is 4.12. The number of amides is 1. The van der Waals surface area contributed by atoms with E-state index in [1.54, 1.807) is 12.1 Å². The van der Waals surface area contributed by atoms with Crippen molar-refractivity contribution in [2.45, 2.75) is 26.3 Å². The van der Waals surface area contributed by atoms with Gasteiger partial charge in [0.25, 0.3) is 5.91 Å². The average Bonchev–Trinajstić information content (AvgIpc) is 2.57. The standard InChI is InChI=1S/C18H22N2O3/c1-4-11(2)16(18(22)23-3)20-17(21)14-9-12-7-5-6-8-13(12)10-15(14)19/h5-11,16H,4,19H2,1-3H3,(H,20,21)/t11?,16-/m0/s1. The van der Waals surface area contributed by atoms with E-state index in [4.69, 9.17) is 10.5 Å². The molecular formula is C18H22N2O3. The Kier molecular flexibility index (Phi) is 5.21. The topological polar surface area (TPSA) is 81.4 Å². The maximum absolute atomic E-state index is 12.6. The fourth-order valence-electron chi connectivity index (χ4n) is 2.47. The molecule has 1 unspecified atom stereocenters. The van der Waals surface area contributed by atoms with E-state index in [0.717, 1.165) is 17.2 Å². The number of carbonyl (C=O) groups excluding carboxylic acids is 2. The first-order valence-corrected chi connectivity index (χ1v) is 7.64. The number of methoxy groups -OCH3 is 1. The highest BCUT2D eigenvalue weighted by Crippen LogP contribution is 2.22. The fraction of sp³-hybridized carbons (Fsp3) is 0.333. The molecule has 0 fully saturated rings. The van der Waals surface area contributed by atoms with Crippen LogP contribution in [0.5, 0.6) is 0 Å². The van der Waals surface area contributed by atoms with Crippen LogP contribution in [0.4, 0.5) is 5.69 Å². The van der Waals surface area contributed by atoms with Gasteiger partial charge in [-0.2, -0.15) is 0 Å². The highest BCUT2D eigenvalue weighted by atomic mass is 16.5. The van der Waals surface area contributed by atoms with E-state index in [0.29, 0.717) is 11.3 Å². The van der Waals surface area contributed by atoms with Gasteiger partial charge in [0, 0.05) is 5.69 Å². The first kappa shape index (κ1) is 16.8. The highest BCUT2D eigenvalue weighted by molar-refractivity contribution is 6.05. The van der Waals surface area contributed by atoms with Gasteiger partial charge in [-0.25, -0.2) is 4.79 Å². The van der Waals surface area contributed by atoms with Gasteiger partial charge in [-0.05, 0) is 28.8 Å². The molecule has 2 atom stereocenters. The van der Waals surface area contributed by atoms with E-state index in [1.165, 1.54) is 7.11 Å². The molecule has 0 bridgehead atoms. The van der Waals surface area contributed by atoms with Crippen LogP contribution < -0.4 is 11.1 Å². The zero-order valence-corrected chi connectivity index (χ0v) is 13.6. The Morgan fingerprint density at radius 1 is 1.22 bits per heavy atom. The number of nitrogens with two attached hydrogens (primary N) is 1. The van der Waals surface area contributed by atoms with E-state index in [1.807, 2.05) is 38.1 Å². The Labute approximate surface area is 135 Å². The zero-order valence-electron chi connectivity index (χ0n) is 13.6. The van der Waals surface area contributed by atoms with E-state index >= 15 is 0 Å². The SMILES string of the molecule is CCC(C)[C@H](NC(=O)c1cc2ccccc2cc1N)C(=O)OC. The lowest BCUT2D eigenvalue weighted by Crippen LogP contribution is -2.45. The molecule has 2 rings (SSSR count). The Morgan fingerprint density at radius 2 is 1.83 bits per heavy atom. The number of fused-ring (bicyclic) bond motifs is 1. The smallest absolute Gasteiger partial charge is 0.328 e. The summed E-state index contributed by atoms with van der Waals surface area (Å²) >= 11 is 0. The Bertz CT molecular complexity index is 727. The molecule has 122 valence electrons. The summed E-state index contributed by atoms with van der Waals surface area (Å²) in [7, 11) is 1.31. The summed E-state index contributed by atoms with van der Waals surface area (Å²) in [6, 6.07) is 10.5. The molecule has 3 N–H and O–H groups in total. The number of hydrogen-bond acceptors (Lipinski definition) is 4. The van der Waals surface area contributed by atoms with Gasteiger partial charge in [-0.1, -0.05) is 44.5 Å². The fourth-order valence-corrected chi connectivity index (χ4v) is 2.47. The van der Waals surface area contributed by atoms with Gasteiger partial charge >= 0.3 is 5.97 Å². The molecule has 5 heteroatoms. The molecule has 0 aliphatic carbocycles. The van der Waals surface area contributed by atoms with Crippen molar-refractivity contribution in [3.8, 4) is 0 Å². The molecule has 0 aliphatic heterocycles. The van der Waals surface area contributed by atoms with Crippen LogP contribution in [0.1, 0.15) is 30.6 Å². The van der Waals surface area contributed by atoms with Crippen molar-refractivity contribution >= 4 is 28.3 Å². The molecule has 0 aliphatic rings. The first-order chi connectivity index (χ1) is 11.0. The van der Waals surface area contributed by atoms with Gasteiger partial charge in [0.15, 0.2) is 0 Å². The highest BCUT2D eigenvalue weighted by Gasteiger charge is 2.27. The van der Waals surface area contributed by atoms with Crippen LogP contribution in [0, 0.1) is 5.92 Å². The number of esters is 1. The Morgan fingerprint density at radius 3 is 2.39 bits per heavy atom. The normalized spacial score (nSPS) is 13.3. The summed E-state index contributed by atoms with van der Waals surface area (Å²) in [4.78, 5) is 24.5. The van der Waals surface area contributed by atoms with Crippen LogP contribution in [0.3, 0.4) is 0 Å². The first-order valence-electron chi connectivity index (χ1n) is 7.64. The van der Waals surface area contributed by atoms with Crippen molar-refractivity contribution < 1.29 is 14.3 Å². The lowest BCUT2D eigenvalue weighted by Gasteiger charge is -2.22. The number of nitrogen functional groups attached to an aromatic ring is 1. The lowest BCUT2D eigenvalue weighted by atomic mass is 9.98. The van der Waals surface area contributed by atoms with Gasteiger partial charge in [-0.3, -0.25) is 4.79 Å². The van der Waals surface area contributed by atoms with Crippen molar-refractivity contribution in [2.24, 2.45) is 5.92 Å². The lowest BCUT2D eigenvalue weighted by molar-refractivity contribution is -0.144. The van der Waals surface area contributed by atoms with Crippen molar-refractivity contribution in [1.29, 1.82) is 0 Å². The molecule has 2 aromatic rings. The predicted molar refractivity (Wildman–Crippen MR) is 91.1 cm³/mol. The minimum atomic E-state index is -0.691. The molecule has 0 spiro atoms. The summed E-state index contributed by atoms with van der Waals surface area (Å²) in [5, 5.41) is 4.63. The summed E-state index contributed by atoms with van der Waals surface area (Å²) in [5.74, 6) is -0.857. The molecule has 0 saturated heterocycles. The average molecular weight is 314 g/mol. The van der Waals surface area contributed by atoms with Gasteiger partial charge in [0.1, 0.15) is 6.04 Å². The summed E-state index contributed by atoms with van der Waals surface area (Å²) < 4.78 is 4.79. The van der Waals surface area contributed by atoms with Crippen molar-refractivity contribution in [1.82, 2.24) is 5.32 Å². The number of rotatable bonds is 5. The number of ether oxygens (including phenoxy) is 1. The Hall–Kier alpha value is -2.56. The van der Waals surface area contributed by atoms with Gasteiger partial charge in [-0.15, -0.1) is 0 Å². The minimum absolute atomic E-state index is 0.0342. The van der Waals surface area contributed by atoms with Crippen molar-refractivity contribution in [3.05, 3.63) is 42.0 Å². The van der Waals surface area contributed by atoms with E-state index in [9.17, 15) is 9.59 Å². The second-order valence-corrected chi connectivity index (χ2v) is 5.65. The maximum atomic E-state index is 12.6. The van der Waals surface area contributed by atoms with Gasteiger partial charge in [0.2, 0.25) is 0 Å². The van der Waals surface area contributed by atoms with Crippen LogP contribution in [0.25, 0.3) is 10.8 Å². The molecule has 1 amide bonds. The maximum Gasteiger partial charge on any atom is 0.328 e. The molecule has 23 heavy (non-hydrogen) atoms. The second-order valence-electron chi connectivity index (χ2n) is 5.65. The molecule has 0 saturated carbocycles. The quantitative estimate of drug-likeness (QED) is 0.657. The number of anilines is 1. The minimum Gasteiger partial charge on any atom is -0.467 e. The van der Waals surface area contributed by atoms with Crippen LogP contribution in [0.15, 0.2) is 36.4 Å². The third kappa shape index (κ3) is 3.62. The van der Waals surface area contributed by atoms with E-state index in [2.05, 4.69) is 5.32 Å². The molecule has 5 nitrogen and oxygen atoms in total. The van der Waals surface area contributed by atoms with Gasteiger partial charge in [0.05, 0.1) is 12.7 Å². The van der Waals surface area contributed by atoms with Crippen LogP contribution in [-0.4, -0.2) is 25.0 Å². The zero-order chi connectivity index (χ0) is 17.0. The van der Waals surface area contributed by atoms with Crippen LogP contribution in [-0.2, 0) is 9.53 Å². The monoisotopic (exact) mass is 314 g/mol. The van der Waals surface area contributed by atoms with Crippen LogP contribution in [0.2, 0.25) is 0 Å². The van der Waals surface area contributed by atoms with E-state index in [-0.39, 0.29) is 11.8 Å². The van der Waals surface area contributed by atoms with Crippen molar-refractivity contribution in [3.63, 3.8) is 0 Å². The number of benzene rings is 2. The van der Waals surface area contributed by atoms with Crippen LogP contribution >= 0.6 is 0 Å². The molecule has 2 aromatic carbocycles. The van der Waals surface area contributed by atoms with Gasteiger partial charge < -0.3 is 15.8 Å². The predicted octanol–water partition coefficient (Wildman–Crippen LogP) is 2.74. The number of carbonyl (C=O) groups is 2. The summed E-state index contributed by atoms with van der Waals surface area (Å²) in [6.07, 6.45) is 0.743. The summed E-state index contributed by atoms with van der Waals surface area (Å²) in [5.41, 5.74) is 6.75. The second kappa shape index (κ2) is 7.13. The largest absolute Gasteiger partial charge is 0.467 e. The van der Waals surface area contributed by atoms with E-state index < -0.39 is 12.0 Å². The molecular weight excluding hydrogens is 292 g/mol. The Balaban J connectivity index is 2.32. The molecule has 0 radical (unpaired) electrons. The number of nitrogens with one attached hydrogen (secondary N) is 1. The number of hydrogen-bond donors (Lipinski definition) is 2.